The second-order valence-electron chi connectivity index (χ2n) is 9.92. The van der Waals surface area contributed by atoms with Gasteiger partial charge in [-0.3, -0.25) is 4.79 Å². The molecule has 0 bridgehead atoms. The van der Waals surface area contributed by atoms with Crippen LogP contribution >= 0.6 is 0 Å². The first-order chi connectivity index (χ1) is 14.9. The van der Waals surface area contributed by atoms with Crippen LogP contribution in [-0.4, -0.2) is 39.4 Å². The Hall–Kier alpha value is -1.59. The molecule has 0 heterocycles. The van der Waals surface area contributed by atoms with E-state index in [1.54, 1.807) is 6.07 Å². The average molecular weight is 433 g/mol. The standard InChI is InChI=1S/C26H40O5/c1-2-6-20(27)16-22(29)17-21(28)10-8-19-9-11-24(30)25(15-19)31-23-7-5-14-26(18-23)12-3-4-13-26/h9,11,15,20,22-23,27,29-30H,2-8,10,12-14,16-18H2,1H3/t20-,22+,23-/m0/s1. The monoisotopic (exact) mass is 432 g/mol. The molecule has 31 heavy (non-hydrogen) atoms. The molecule has 3 rings (SSSR count). The Morgan fingerprint density at radius 1 is 1.16 bits per heavy atom. The topological polar surface area (TPSA) is 87.0 Å². The molecule has 3 atom stereocenters. The molecule has 0 saturated heterocycles. The van der Waals surface area contributed by atoms with Gasteiger partial charge in [-0.15, -0.1) is 0 Å². The Morgan fingerprint density at radius 2 is 1.90 bits per heavy atom. The van der Waals surface area contributed by atoms with Crippen LogP contribution < -0.4 is 4.74 Å². The van der Waals surface area contributed by atoms with Crippen molar-refractivity contribution in [2.75, 3.05) is 0 Å². The van der Waals surface area contributed by atoms with Crippen LogP contribution in [0.4, 0.5) is 0 Å². The quantitative estimate of drug-likeness (QED) is 0.454. The maximum atomic E-state index is 12.3. The molecule has 1 aromatic rings. The van der Waals surface area contributed by atoms with Crippen molar-refractivity contribution in [2.24, 2.45) is 5.41 Å². The molecule has 2 aliphatic rings. The highest BCUT2D eigenvalue weighted by Gasteiger charge is 2.39. The molecule has 0 aliphatic heterocycles. The number of benzene rings is 1. The molecule has 2 aliphatic carbocycles. The first-order valence-electron chi connectivity index (χ1n) is 12.3. The molecular weight excluding hydrogens is 392 g/mol. The maximum absolute atomic E-state index is 12.3. The smallest absolute Gasteiger partial charge is 0.161 e. The number of aliphatic hydroxyl groups excluding tert-OH is 2. The van der Waals surface area contributed by atoms with Gasteiger partial charge < -0.3 is 20.1 Å². The van der Waals surface area contributed by atoms with Crippen molar-refractivity contribution in [3.63, 3.8) is 0 Å². The van der Waals surface area contributed by atoms with Gasteiger partial charge in [-0.05, 0) is 80.9 Å². The fourth-order valence-corrected chi connectivity index (χ4v) is 5.56. The lowest BCUT2D eigenvalue weighted by Crippen LogP contribution is -2.32. The van der Waals surface area contributed by atoms with E-state index in [-0.39, 0.29) is 30.5 Å². The summed E-state index contributed by atoms with van der Waals surface area (Å²) in [6.07, 6.45) is 11.4. The van der Waals surface area contributed by atoms with Crippen LogP contribution in [0.5, 0.6) is 11.5 Å². The van der Waals surface area contributed by atoms with Gasteiger partial charge >= 0.3 is 0 Å². The zero-order valence-corrected chi connectivity index (χ0v) is 19.0. The lowest BCUT2D eigenvalue weighted by atomic mass is 9.72. The van der Waals surface area contributed by atoms with E-state index in [0.717, 1.165) is 24.8 Å². The summed E-state index contributed by atoms with van der Waals surface area (Å²) in [6, 6.07) is 5.34. The zero-order chi connectivity index (χ0) is 22.3. The molecule has 2 fully saturated rings. The second kappa shape index (κ2) is 11.3. The van der Waals surface area contributed by atoms with Crippen molar-refractivity contribution in [2.45, 2.75) is 115 Å². The number of ketones is 1. The maximum Gasteiger partial charge on any atom is 0.161 e. The summed E-state index contributed by atoms with van der Waals surface area (Å²) < 4.78 is 6.25. The van der Waals surface area contributed by atoms with Crippen molar-refractivity contribution in [3.05, 3.63) is 23.8 Å². The van der Waals surface area contributed by atoms with E-state index in [4.69, 9.17) is 4.74 Å². The van der Waals surface area contributed by atoms with Crippen molar-refractivity contribution in [1.82, 2.24) is 0 Å². The first kappa shape index (κ1) is 24.1. The van der Waals surface area contributed by atoms with E-state index in [1.807, 2.05) is 19.1 Å². The minimum atomic E-state index is -0.790. The molecule has 3 N–H and O–H groups in total. The molecule has 0 aromatic heterocycles. The number of carbonyl (C=O) groups excluding carboxylic acids is 1. The molecule has 1 aromatic carbocycles. The summed E-state index contributed by atoms with van der Waals surface area (Å²) in [4.78, 5) is 12.3. The molecule has 1 spiro atoms. The van der Waals surface area contributed by atoms with Crippen molar-refractivity contribution in [1.29, 1.82) is 0 Å². The summed E-state index contributed by atoms with van der Waals surface area (Å²) in [7, 11) is 0. The Morgan fingerprint density at radius 3 is 2.65 bits per heavy atom. The summed E-state index contributed by atoms with van der Waals surface area (Å²) in [5.41, 5.74) is 1.40. The van der Waals surface area contributed by atoms with Gasteiger partial charge in [-0.1, -0.05) is 32.3 Å². The lowest BCUT2D eigenvalue weighted by molar-refractivity contribution is -0.121. The van der Waals surface area contributed by atoms with E-state index in [0.29, 0.717) is 30.4 Å². The summed E-state index contributed by atoms with van der Waals surface area (Å²) in [5, 5.41) is 30.1. The molecular formula is C26H40O5. The highest BCUT2D eigenvalue weighted by Crippen LogP contribution is 2.49. The van der Waals surface area contributed by atoms with E-state index in [9.17, 15) is 20.1 Å². The van der Waals surface area contributed by atoms with Crippen LogP contribution in [-0.2, 0) is 11.2 Å². The predicted octanol–water partition coefficient (Wildman–Crippen LogP) is 5.08. The third-order valence-electron chi connectivity index (χ3n) is 7.20. The Balaban J connectivity index is 1.49. The van der Waals surface area contributed by atoms with Crippen LogP contribution in [0.3, 0.4) is 0 Å². The van der Waals surface area contributed by atoms with Gasteiger partial charge in [-0.25, -0.2) is 0 Å². The van der Waals surface area contributed by atoms with E-state index in [1.165, 1.54) is 38.5 Å². The van der Waals surface area contributed by atoms with Crippen molar-refractivity contribution < 1.29 is 24.9 Å². The number of hydrogen-bond donors (Lipinski definition) is 3. The van der Waals surface area contributed by atoms with Crippen LogP contribution in [0.1, 0.15) is 96.0 Å². The zero-order valence-electron chi connectivity index (χ0n) is 19.0. The molecule has 0 radical (unpaired) electrons. The van der Waals surface area contributed by atoms with Crippen LogP contribution in [0.15, 0.2) is 18.2 Å². The van der Waals surface area contributed by atoms with Gasteiger partial charge in [0.1, 0.15) is 5.78 Å². The highest BCUT2D eigenvalue weighted by molar-refractivity contribution is 5.79. The number of aryl methyl sites for hydroxylation is 1. The Labute approximate surface area is 186 Å². The summed E-state index contributed by atoms with van der Waals surface area (Å²) in [6.45, 7) is 1.98. The summed E-state index contributed by atoms with van der Waals surface area (Å²) in [5.74, 6) is 0.663. The Kier molecular flexibility index (Phi) is 8.79. The molecule has 5 heteroatoms. The number of hydrogen-bond acceptors (Lipinski definition) is 5. The summed E-state index contributed by atoms with van der Waals surface area (Å²) >= 11 is 0. The van der Waals surface area contributed by atoms with Crippen molar-refractivity contribution >= 4 is 5.78 Å². The number of phenols is 1. The molecule has 174 valence electrons. The van der Waals surface area contributed by atoms with Crippen LogP contribution in [0, 0.1) is 5.41 Å². The largest absolute Gasteiger partial charge is 0.504 e. The van der Waals surface area contributed by atoms with Crippen molar-refractivity contribution in [3.8, 4) is 11.5 Å². The van der Waals surface area contributed by atoms with Crippen LogP contribution in [0.2, 0.25) is 0 Å². The second-order valence-corrected chi connectivity index (χ2v) is 9.92. The van der Waals surface area contributed by atoms with Crippen LogP contribution in [0.25, 0.3) is 0 Å². The Bertz CT molecular complexity index is 710. The average Bonchev–Trinajstić information content (AvgIpc) is 3.16. The fourth-order valence-electron chi connectivity index (χ4n) is 5.56. The number of carbonyl (C=O) groups is 1. The normalized spacial score (nSPS) is 22.4. The third-order valence-corrected chi connectivity index (χ3v) is 7.20. The molecule has 0 amide bonds. The van der Waals surface area contributed by atoms with Gasteiger partial charge in [0.25, 0.3) is 0 Å². The minimum absolute atomic E-state index is 0.0119. The first-order valence-corrected chi connectivity index (χ1v) is 12.3. The molecule has 0 unspecified atom stereocenters. The minimum Gasteiger partial charge on any atom is -0.504 e. The number of ether oxygens (including phenoxy) is 1. The van der Waals surface area contributed by atoms with Gasteiger partial charge in [0.2, 0.25) is 0 Å². The van der Waals surface area contributed by atoms with E-state index >= 15 is 0 Å². The molecule has 5 nitrogen and oxygen atoms in total. The van der Waals surface area contributed by atoms with E-state index in [2.05, 4.69) is 0 Å². The SMILES string of the molecule is CCC[C@H](O)C[C@@H](O)CC(=O)CCc1ccc(O)c(O[C@H]2CCCC3(CCCC3)C2)c1. The van der Waals surface area contributed by atoms with E-state index < -0.39 is 12.2 Å². The number of phenolic OH excluding ortho intramolecular Hbond substituents is 1. The van der Waals surface area contributed by atoms with Gasteiger partial charge in [-0.2, -0.15) is 0 Å². The third kappa shape index (κ3) is 7.21. The lowest BCUT2D eigenvalue weighted by Gasteiger charge is -2.38. The highest BCUT2D eigenvalue weighted by atomic mass is 16.5. The fraction of sp³-hybridized carbons (Fsp3) is 0.731. The number of aliphatic hydroxyl groups is 2. The number of aromatic hydroxyl groups is 1. The predicted molar refractivity (Wildman–Crippen MR) is 121 cm³/mol. The van der Waals surface area contributed by atoms with Gasteiger partial charge in [0, 0.05) is 12.8 Å². The number of Topliss-reactive ketones (excluding diaryl/α,β-unsaturated/α-hetero) is 1. The van der Waals surface area contributed by atoms with Gasteiger partial charge in [0.05, 0.1) is 18.3 Å². The number of rotatable bonds is 11. The van der Waals surface area contributed by atoms with Gasteiger partial charge in [0.15, 0.2) is 11.5 Å². The molecule has 2 saturated carbocycles.